The van der Waals surface area contributed by atoms with E-state index in [2.05, 4.69) is 41.2 Å². The summed E-state index contributed by atoms with van der Waals surface area (Å²) in [7, 11) is 0. The molecule has 1 aromatic heterocycles. The molecule has 2 heterocycles. The number of rotatable bonds is 11. The lowest BCUT2D eigenvalue weighted by Crippen LogP contribution is -2.37. The summed E-state index contributed by atoms with van der Waals surface area (Å²) < 4.78 is 6.57. The second-order valence-electron chi connectivity index (χ2n) is 14.7. The van der Waals surface area contributed by atoms with E-state index in [-0.39, 0.29) is 48.2 Å². The number of H-pyrrole nitrogens is 1. The zero-order valence-electron chi connectivity index (χ0n) is 29.2. The van der Waals surface area contributed by atoms with Gasteiger partial charge in [0.1, 0.15) is 6.10 Å². The van der Waals surface area contributed by atoms with Gasteiger partial charge in [-0.15, -0.1) is 0 Å². The maximum absolute atomic E-state index is 11.7. The highest BCUT2D eigenvalue weighted by Gasteiger charge is 2.40. The normalized spacial score (nSPS) is 28.3. The Morgan fingerprint density at radius 3 is 2.70 bits per heavy atom. The summed E-state index contributed by atoms with van der Waals surface area (Å²) in [5.41, 5.74) is 11.4. The van der Waals surface area contributed by atoms with Crippen LogP contribution in [0.2, 0.25) is 0 Å². The molecule has 1 aromatic carbocycles. The van der Waals surface area contributed by atoms with E-state index in [4.69, 9.17) is 10.5 Å². The lowest BCUT2D eigenvalue weighted by molar-refractivity contribution is -0.00726. The molecular formula is C41H55N3O6. The van der Waals surface area contributed by atoms with Crippen molar-refractivity contribution in [3.8, 4) is 23.3 Å². The molecule has 3 aliphatic carbocycles. The molecule has 2 aromatic rings. The number of aromatic nitrogens is 1. The van der Waals surface area contributed by atoms with Crippen molar-refractivity contribution in [3.63, 3.8) is 0 Å². The average molecular weight is 686 g/mol. The molecule has 0 fully saturated rings. The number of aromatic amines is 1. The largest absolute Gasteiger partial charge is 0.504 e. The number of hydrogen-bond acceptors (Lipinski definition) is 8. The Labute approximate surface area is 296 Å². The maximum Gasteiger partial charge on any atom is 0.161 e. The maximum atomic E-state index is 11.7. The summed E-state index contributed by atoms with van der Waals surface area (Å²) in [5, 5.41) is 58.6. The summed E-state index contributed by atoms with van der Waals surface area (Å²) in [5.74, 6) is 7.40. The minimum absolute atomic E-state index is 0.00118. The molecule has 9 atom stereocenters. The number of aliphatic hydroxyl groups is 4. The van der Waals surface area contributed by atoms with E-state index in [0.717, 1.165) is 60.9 Å². The number of hydrogen-bond donors (Lipinski definition) is 8. The highest BCUT2D eigenvalue weighted by molar-refractivity contribution is 5.52. The van der Waals surface area contributed by atoms with Gasteiger partial charge in [0.15, 0.2) is 11.5 Å². The van der Waals surface area contributed by atoms with Crippen molar-refractivity contribution in [1.82, 2.24) is 10.3 Å². The lowest BCUT2D eigenvalue weighted by Gasteiger charge is -2.33. The van der Waals surface area contributed by atoms with Gasteiger partial charge in [-0.3, -0.25) is 0 Å². The highest BCUT2D eigenvalue weighted by atomic mass is 16.5. The zero-order valence-corrected chi connectivity index (χ0v) is 29.2. The van der Waals surface area contributed by atoms with Crippen LogP contribution >= 0.6 is 0 Å². The van der Waals surface area contributed by atoms with Gasteiger partial charge in [-0.25, -0.2) is 0 Å². The van der Waals surface area contributed by atoms with Crippen molar-refractivity contribution in [2.24, 2.45) is 29.4 Å². The molecule has 0 unspecified atom stereocenters. The Bertz CT molecular complexity index is 1600. The Balaban J connectivity index is 1.31. The molecule has 0 spiro atoms. The number of fused-ring (bicyclic) bond motifs is 4. The van der Waals surface area contributed by atoms with E-state index in [1.807, 2.05) is 30.5 Å². The van der Waals surface area contributed by atoms with Crippen molar-refractivity contribution in [3.05, 3.63) is 82.5 Å². The predicted octanol–water partition coefficient (Wildman–Crippen LogP) is 4.71. The van der Waals surface area contributed by atoms with Crippen LogP contribution in [0.25, 0.3) is 0 Å². The quantitative estimate of drug-likeness (QED) is 0.125. The number of benzene rings is 1. The third-order valence-corrected chi connectivity index (χ3v) is 11.4. The molecule has 270 valence electrons. The zero-order chi connectivity index (χ0) is 35.2. The van der Waals surface area contributed by atoms with E-state index in [0.29, 0.717) is 44.0 Å². The SMILES string of the molecule is CC[C@H]1C#C[C@H]2C=C3CCc4cc(O)c(O[C@H](C[C@H](Cc5ccc[nH]5)C5=CCNC(N)=C5)[C@H](O)CCO)cc4[C@@H]3C[C@@H](O)[C@H]2[C@@H](O)CCCC1. The second kappa shape index (κ2) is 16.6. The van der Waals surface area contributed by atoms with E-state index >= 15 is 0 Å². The molecule has 6 rings (SSSR count). The van der Waals surface area contributed by atoms with Crippen LogP contribution in [0.3, 0.4) is 0 Å². The number of allylic oxidation sites excluding steroid dienone is 4. The van der Waals surface area contributed by atoms with Crippen molar-refractivity contribution in [2.45, 2.75) is 108 Å². The number of aromatic hydroxyl groups is 1. The van der Waals surface area contributed by atoms with Crippen LogP contribution in [0, 0.1) is 35.5 Å². The summed E-state index contributed by atoms with van der Waals surface area (Å²) in [6, 6.07) is 7.63. The molecule has 9 heteroatoms. The molecular weight excluding hydrogens is 630 g/mol. The first-order chi connectivity index (χ1) is 24.2. The fourth-order valence-electron chi connectivity index (χ4n) is 8.54. The van der Waals surface area contributed by atoms with Crippen LogP contribution < -0.4 is 15.8 Å². The summed E-state index contributed by atoms with van der Waals surface area (Å²) in [6.45, 7) is 2.57. The first kappa shape index (κ1) is 36.1. The predicted molar refractivity (Wildman–Crippen MR) is 194 cm³/mol. The number of aliphatic hydroxyl groups excluding tert-OH is 4. The molecule has 1 aliphatic heterocycles. The van der Waals surface area contributed by atoms with Crippen LogP contribution in [-0.2, 0) is 12.8 Å². The number of nitrogens with two attached hydrogens (primary N) is 1. The van der Waals surface area contributed by atoms with E-state index in [1.54, 1.807) is 6.07 Å². The standard InChI is InChI=1S/C41H55N3O6/c1-2-25-6-3-4-8-35(47)41-29(10-9-25)18-27-11-12-28-20-36(48)39(24-33(28)32(27)23-37(41)49)50-38(34(46)14-17-45)21-30(19-31-7-5-15-43-31)26-13-16-44-40(42)22-26/h5,7,13,15,18,20,22,24-25,29-30,32,34-35,37-38,41,43-49H,2-4,6,8,11-12,14,16-17,19,21,23,42H2,1H3/t25-,29+,30+,32-,34-,35+,37-,38-,41-/m1/s1. The van der Waals surface area contributed by atoms with Gasteiger partial charge in [-0.1, -0.05) is 49.3 Å². The van der Waals surface area contributed by atoms with Crippen LogP contribution in [-0.4, -0.2) is 68.1 Å². The van der Waals surface area contributed by atoms with Gasteiger partial charge >= 0.3 is 0 Å². The number of phenolic OH excluding ortho intramolecular Hbond substituents is 1. The van der Waals surface area contributed by atoms with E-state index < -0.39 is 24.4 Å². The first-order valence-electron chi connectivity index (χ1n) is 18.7. The van der Waals surface area contributed by atoms with E-state index in [9.17, 15) is 25.5 Å². The number of phenols is 1. The molecule has 50 heavy (non-hydrogen) atoms. The van der Waals surface area contributed by atoms with Crippen molar-refractivity contribution < 1.29 is 30.3 Å². The fourth-order valence-corrected chi connectivity index (χ4v) is 8.54. The lowest BCUT2D eigenvalue weighted by atomic mass is 9.76. The van der Waals surface area contributed by atoms with Gasteiger partial charge in [0, 0.05) is 55.1 Å². The summed E-state index contributed by atoms with van der Waals surface area (Å²) >= 11 is 0. The van der Waals surface area contributed by atoms with Crippen LogP contribution in [0.1, 0.15) is 87.4 Å². The number of dihydropyridines is 1. The minimum atomic E-state index is -0.989. The van der Waals surface area contributed by atoms with Gasteiger partial charge in [-0.05, 0) is 104 Å². The number of aryl methyl sites for hydroxylation is 1. The fraction of sp³-hybridized carbons (Fsp3) is 0.561. The average Bonchev–Trinajstić information content (AvgIpc) is 3.56. The number of ether oxygens (including phenoxy) is 1. The van der Waals surface area contributed by atoms with Crippen molar-refractivity contribution >= 4 is 0 Å². The molecule has 0 saturated heterocycles. The molecule has 0 saturated carbocycles. The molecule has 9 nitrogen and oxygen atoms in total. The van der Waals surface area contributed by atoms with Crippen LogP contribution in [0.5, 0.6) is 11.5 Å². The second-order valence-corrected chi connectivity index (χ2v) is 14.7. The van der Waals surface area contributed by atoms with Crippen molar-refractivity contribution in [1.29, 1.82) is 0 Å². The minimum Gasteiger partial charge on any atom is -0.504 e. The summed E-state index contributed by atoms with van der Waals surface area (Å²) in [4.78, 5) is 3.29. The van der Waals surface area contributed by atoms with Gasteiger partial charge in [0.05, 0.1) is 24.1 Å². The molecule has 9 N–H and O–H groups in total. The molecule has 0 radical (unpaired) electrons. The smallest absolute Gasteiger partial charge is 0.161 e. The van der Waals surface area contributed by atoms with Gasteiger partial charge in [0.25, 0.3) is 0 Å². The summed E-state index contributed by atoms with van der Waals surface area (Å²) in [6.07, 6.45) is 12.8. The Morgan fingerprint density at radius 1 is 1.10 bits per heavy atom. The Morgan fingerprint density at radius 2 is 1.94 bits per heavy atom. The van der Waals surface area contributed by atoms with Crippen molar-refractivity contribution in [2.75, 3.05) is 13.2 Å². The molecule has 0 bridgehead atoms. The third kappa shape index (κ3) is 8.43. The molecule has 4 aliphatic rings. The molecule has 0 amide bonds. The van der Waals surface area contributed by atoms with Crippen LogP contribution in [0.4, 0.5) is 0 Å². The van der Waals surface area contributed by atoms with Gasteiger partial charge in [0.2, 0.25) is 0 Å². The van der Waals surface area contributed by atoms with Crippen LogP contribution in [0.15, 0.2) is 65.7 Å². The first-order valence-corrected chi connectivity index (χ1v) is 18.7. The number of nitrogens with one attached hydrogen (secondary N) is 2. The van der Waals surface area contributed by atoms with E-state index in [1.165, 1.54) is 5.57 Å². The van der Waals surface area contributed by atoms with Gasteiger partial charge < -0.3 is 46.3 Å². The Kier molecular flexibility index (Phi) is 12.0. The monoisotopic (exact) mass is 685 g/mol. The van der Waals surface area contributed by atoms with Gasteiger partial charge in [-0.2, -0.15) is 0 Å². The third-order valence-electron chi connectivity index (χ3n) is 11.4. The highest BCUT2D eigenvalue weighted by Crippen LogP contribution is 2.48. The topological polar surface area (TPSA) is 164 Å². The Hall–Kier alpha value is -3.68.